The zero-order valence-electron chi connectivity index (χ0n) is 17.1. The summed E-state index contributed by atoms with van der Waals surface area (Å²) in [4.78, 5) is 13.6. The molecule has 0 amide bonds. The van der Waals surface area contributed by atoms with Gasteiger partial charge in [-0.3, -0.25) is 9.80 Å². The molecule has 1 aliphatic heterocycles. The van der Waals surface area contributed by atoms with Gasteiger partial charge in [0.2, 0.25) is 6.35 Å². The minimum atomic E-state index is -0.332. The molecule has 3 aromatic rings. The second-order valence-electron chi connectivity index (χ2n) is 8.13. The monoisotopic (exact) mass is 386 g/mol. The van der Waals surface area contributed by atoms with Crippen LogP contribution in [0.4, 0.5) is 23.0 Å². The van der Waals surface area contributed by atoms with Crippen LogP contribution >= 0.6 is 0 Å². The average Bonchev–Trinajstić information content (AvgIpc) is 3.25. The fourth-order valence-corrected chi connectivity index (χ4v) is 4.36. The number of nitrogens with zero attached hydrogens (tertiary/aromatic N) is 4. The van der Waals surface area contributed by atoms with Crippen LogP contribution in [-0.4, -0.2) is 22.9 Å². The maximum Gasteiger partial charge on any atom is 0.221 e. The van der Waals surface area contributed by atoms with E-state index in [9.17, 15) is 0 Å². The number of hydrogen-bond acceptors (Lipinski definition) is 5. The van der Waals surface area contributed by atoms with Crippen LogP contribution in [-0.2, 0) is 10.2 Å². The molecule has 0 radical (unpaired) electrons. The van der Waals surface area contributed by atoms with Crippen LogP contribution in [0.3, 0.4) is 0 Å². The predicted octanol–water partition coefficient (Wildman–Crippen LogP) is 5.38. The lowest BCUT2D eigenvalue weighted by Crippen LogP contribution is -2.40. The Morgan fingerprint density at radius 2 is 1.48 bits per heavy atom. The first-order valence-corrected chi connectivity index (χ1v) is 10.3. The Morgan fingerprint density at radius 3 is 2.00 bits per heavy atom. The van der Waals surface area contributed by atoms with Crippen molar-refractivity contribution in [2.45, 2.75) is 39.0 Å². The van der Waals surface area contributed by atoms with Gasteiger partial charge in [-0.15, -0.1) is 0 Å². The predicted molar refractivity (Wildman–Crippen MR) is 116 cm³/mol. The number of anilines is 4. The van der Waals surface area contributed by atoms with Crippen LogP contribution < -0.4 is 9.80 Å². The highest BCUT2D eigenvalue weighted by molar-refractivity contribution is 5.82. The van der Waals surface area contributed by atoms with Gasteiger partial charge in [0.05, 0.1) is 0 Å². The van der Waals surface area contributed by atoms with Crippen LogP contribution in [0.1, 0.15) is 32.8 Å². The molecular formula is C24H26N4O. The molecular weight excluding hydrogens is 360 g/mol. The van der Waals surface area contributed by atoms with E-state index in [4.69, 9.17) is 4.74 Å². The molecule has 2 aliphatic rings. The maximum atomic E-state index is 6.22. The van der Waals surface area contributed by atoms with Gasteiger partial charge in [0.25, 0.3) is 0 Å². The van der Waals surface area contributed by atoms with E-state index in [1.807, 2.05) is 25.1 Å². The molecule has 1 saturated carbocycles. The third-order valence-corrected chi connectivity index (χ3v) is 6.37. The highest BCUT2D eigenvalue weighted by Gasteiger charge is 2.48. The molecule has 5 nitrogen and oxygen atoms in total. The van der Waals surface area contributed by atoms with Crippen molar-refractivity contribution in [3.8, 4) is 0 Å². The minimum Gasteiger partial charge on any atom is -0.340 e. The summed E-state index contributed by atoms with van der Waals surface area (Å²) in [6.45, 7) is 7.28. The average molecular weight is 386 g/mol. The first-order chi connectivity index (χ1) is 14.1. The molecule has 29 heavy (non-hydrogen) atoms. The summed E-state index contributed by atoms with van der Waals surface area (Å²) >= 11 is 0. The largest absolute Gasteiger partial charge is 0.340 e. The van der Waals surface area contributed by atoms with E-state index in [-0.39, 0.29) is 6.35 Å². The van der Waals surface area contributed by atoms with Crippen molar-refractivity contribution in [2.24, 2.45) is 5.92 Å². The third kappa shape index (κ3) is 2.88. The second kappa shape index (κ2) is 6.85. The molecule has 0 bridgehead atoms. The molecule has 5 heteroatoms. The van der Waals surface area contributed by atoms with E-state index >= 15 is 0 Å². The molecule has 3 unspecified atom stereocenters. The Labute approximate surface area is 172 Å². The van der Waals surface area contributed by atoms with Crippen LogP contribution in [0, 0.1) is 5.92 Å². The van der Waals surface area contributed by atoms with Gasteiger partial charge >= 0.3 is 0 Å². The summed E-state index contributed by atoms with van der Waals surface area (Å²) in [6.07, 6.45) is 4.40. The zero-order valence-corrected chi connectivity index (χ0v) is 17.1. The summed E-state index contributed by atoms with van der Waals surface area (Å²) in [5, 5.41) is 0. The van der Waals surface area contributed by atoms with E-state index in [0.29, 0.717) is 12.0 Å². The Bertz CT molecular complexity index is 1010. The SMILES string of the molecule is CCOC1N(c2ccccc2)c2nccnc2N1c1ccc(C2(C)CC2C)cc1. The Kier molecular flexibility index (Phi) is 4.28. The van der Waals surface area contributed by atoms with Crippen LogP contribution in [0.5, 0.6) is 0 Å². The molecule has 5 rings (SSSR count). The topological polar surface area (TPSA) is 41.5 Å². The van der Waals surface area contributed by atoms with Crippen LogP contribution in [0.15, 0.2) is 67.0 Å². The van der Waals surface area contributed by atoms with Gasteiger partial charge in [-0.05, 0) is 54.5 Å². The summed E-state index contributed by atoms with van der Waals surface area (Å²) in [5.41, 5.74) is 3.81. The molecule has 0 N–H and O–H groups in total. The molecule has 0 spiro atoms. The Balaban J connectivity index is 1.58. The van der Waals surface area contributed by atoms with E-state index in [0.717, 1.165) is 28.9 Å². The molecule has 1 fully saturated rings. The van der Waals surface area contributed by atoms with Crippen molar-refractivity contribution in [1.82, 2.24) is 9.97 Å². The molecule has 1 aromatic heterocycles. The van der Waals surface area contributed by atoms with Crippen LogP contribution in [0.2, 0.25) is 0 Å². The number of fused-ring (bicyclic) bond motifs is 1. The molecule has 1 aliphatic carbocycles. The van der Waals surface area contributed by atoms with Gasteiger partial charge in [0, 0.05) is 30.4 Å². The molecule has 0 saturated heterocycles. The van der Waals surface area contributed by atoms with Crippen molar-refractivity contribution in [3.05, 3.63) is 72.6 Å². The van der Waals surface area contributed by atoms with Crippen LogP contribution in [0.25, 0.3) is 0 Å². The lowest BCUT2D eigenvalue weighted by Gasteiger charge is -2.31. The normalized spacial score (nSPS) is 25.2. The van der Waals surface area contributed by atoms with Gasteiger partial charge in [-0.25, -0.2) is 9.97 Å². The van der Waals surface area contributed by atoms with E-state index in [1.54, 1.807) is 12.4 Å². The molecule has 2 heterocycles. The minimum absolute atomic E-state index is 0.316. The zero-order chi connectivity index (χ0) is 20.0. The van der Waals surface area contributed by atoms with Gasteiger partial charge in [0.15, 0.2) is 11.6 Å². The van der Waals surface area contributed by atoms with Crippen molar-refractivity contribution >= 4 is 23.0 Å². The Hall–Kier alpha value is -2.92. The van der Waals surface area contributed by atoms with Gasteiger partial charge < -0.3 is 4.74 Å². The number of para-hydroxylation sites is 1. The second-order valence-corrected chi connectivity index (χ2v) is 8.13. The first-order valence-electron chi connectivity index (χ1n) is 10.3. The lowest BCUT2D eigenvalue weighted by molar-refractivity contribution is 0.0767. The quantitative estimate of drug-likeness (QED) is 0.588. The summed E-state index contributed by atoms with van der Waals surface area (Å²) in [6, 6.07) is 19.1. The van der Waals surface area contributed by atoms with Gasteiger partial charge in [-0.2, -0.15) is 0 Å². The Morgan fingerprint density at radius 1 is 0.931 bits per heavy atom. The summed E-state index contributed by atoms with van der Waals surface area (Å²) in [5.74, 6) is 2.37. The molecule has 148 valence electrons. The highest BCUT2D eigenvalue weighted by Crippen LogP contribution is 2.54. The number of ether oxygens (including phenoxy) is 1. The smallest absolute Gasteiger partial charge is 0.221 e. The first kappa shape index (κ1) is 18.1. The third-order valence-electron chi connectivity index (χ3n) is 6.37. The fraction of sp³-hybridized carbons (Fsp3) is 0.333. The summed E-state index contributed by atoms with van der Waals surface area (Å²) < 4.78 is 6.22. The summed E-state index contributed by atoms with van der Waals surface area (Å²) in [7, 11) is 0. The number of aromatic nitrogens is 2. The van der Waals surface area contributed by atoms with E-state index < -0.39 is 0 Å². The number of rotatable bonds is 5. The maximum absolute atomic E-state index is 6.22. The molecule has 2 aromatic carbocycles. The fourth-order valence-electron chi connectivity index (χ4n) is 4.36. The van der Waals surface area contributed by atoms with Crippen molar-refractivity contribution in [1.29, 1.82) is 0 Å². The highest BCUT2D eigenvalue weighted by atomic mass is 16.5. The van der Waals surface area contributed by atoms with Crippen molar-refractivity contribution in [2.75, 3.05) is 16.4 Å². The van der Waals surface area contributed by atoms with Gasteiger partial charge in [-0.1, -0.05) is 44.2 Å². The van der Waals surface area contributed by atoms with Crippen molar-refractivity contribution < 1.29 is 4.74 Å². The number of hydrogen-bond donors (Lipinski definition) is 0. The lowest BCUT2D eigenvalue weighted by atomic mass is 9.96. The standard InChI is InChI=1S/C24H26N4O/c1-4-29-23-27(19-8-6-5-7-9-19)21-22(26-15-14-25-21)28(23)20-12-10-18(11-13-20)24(3)16-17(24)2/h5-15,17,23H,4,16H2,1-3H3. The van der Waals surface area contributed by atoms with Crippen molar-refractivity contribution in [3.63, 3.8) is 0 Å². The van der Waals surface area contributed by atoms with E-state index in [1.165, 1.54) is 12.0 Å². The number of benzene rings is 2. The van der Waals surface area contributed by atoms with Gasteiger partial charge in [0.1, 0.15) is 0 Å². The molecule has 3 atom stereocenters. The van der Waals surface area contributed by atoms with E-state index in [2.05, 4.69) is 70.0 Å².